The van der Waals surface area contributed by atoms with E-state index in [0.29, 0.717) is 6.54 Å². The van der Waals surface area contributed by atoms with Crippen molar-refractivity contribution in [3.05, 3.63) is 62.7 Å². The quantitative estimate of drug-likeness (QED) is 0.796. The number of carbonyl (C=O) groups excluding carboxylic acids is 1. The monoisotopic (exact) mass is 302 g/mol. The van der Waals surface area contributed by atoms with E-state index in [2.05, 4.69) is 22.2 Å². The van der Waals surface area contributed by atoms with Gasteiger partial charge in [-0.3, -0.25) is 19.6 Å². The summed E-state index contributed by atoms with van der Waals surface area (Å²) in [6, 6.07) is 5.11. The van der Waals surface area contributed by atoms with Crippen LogP contribution in [0.25, 0.3) is 0 Å². The molecule has 0 atom stereocenters. The average molecular weight is 302 g/mol. The predicted molar refractivity (Wildman–Crippen MR) is 81.4 cm³/mol. The maximum Gasteiger partial charge on any atom is 0.328 e. The molecule has 2 heterocycles. The van der Waals surface area contributed by atoms with Crippen LogP contribution in [0.5, 0.6) is 0 Å². The molecule has 2 rings (SSSR count). The molecule has 7 nitrogen and oxygen atoms in total. The topological polar surface area (TPSA) is 96.9 Å². The summed E-state index contributed by atoms with van der Waals surface area (Å²) < 4.78 is 1.29. The van der Waals surface area contributed by atoms with Gasteiger partial charge in [-0.15, -0.1) is 0 Å². The smallest absolute Gasteiger partial charge is 0.328 e. The minimum Gasteiger partial charge on any atom is -0.350 e. The Morgan fingerprint density at radius 2 is 2.14 bits per heavy atom. The van der Waals surface area contributed by atoms with Crippen molar-refractivity contribution in [1.29, 1.82) is 0 Å². The van der Waals surface area contributed by atoms with Crippen molar-refractivity contribution < 1.29 is 4.79 Å². The molecule has 22 heavy (non-hydrogen) atoms. The zero-order valence-electron chi connectivity index (χ0n) is 12.3. The lowest BCUT2D eigenvalue weighted by Crippen LogP contribution is -2.31. The van der Waals surface area contributed by atoms with Crippen molar-refractivity contribution in [3.63, 3.8) is 0 Å². The zero-order valence-corrected chi connectivity index (χ0v) is 12.3. The van der Waals surface area contributed by atoms with Gasteiger partial charge in [0.2, 0.25) is 5.91 Å². The molecule has 0 aliphatic heterocycles. The van der Waals surface area contributed by atoms with E-state index in [4.69, 9.17) is 0 Å². The third-order valence-electron chi connectivity index (χ3n) is 3.24. The van der Waals surface area contributed by atoms with Crippen molar-refractivity contribution in [2.24, 2.45) is 0 Å². The predicted octanol–water partition coefficient (Wildman–Crippen LogP) is 0.201. The molecule has 0 bridgehead atoms. The molecule has 0 unspecified atom stereocenters. The third kappa shape index (κ3) is 4.41. The van der Waals surface area contributed by atoms with E-state index in [1.54, 1.807) is 6.20 Å². The van der Waals surface area contributed by atoms with Crippen LogP contribution in [0, 0.1) is 0 Å². The molecule has 0 saturated carbocycles. The fourth-order valence-corrected chi connectivity index (χ4v) is 1.89. The number of carbonyl (C=O) groups is 1. The summed E-state index contributed by atoms with van der Waals surface area (Å²) in [7, 11) is 0. The summed E-state index contributed by atoms with van der Waals surface area (Å²) >= 11 is 0. The molecule has 0 aliphatic rings. The first-order valence-electron chi connectivity index (χ1n) is 7.08. The lowest BCUT2D eigenvalue weighted by atomic mass is 10.2. The van der Waals surface area contributed by atoms with Gasteiger partial charge in [-0.25, -0.2) is 4.79 Å². The van der Waals surface area contributed by atoms with E-state index in [1.165, 1.54) is 16.8 Å². The Kier molecular flexibility index (Phi) is 5.24. The molecule has 1 amide bonds. The molecule has 2 aromatic heterocycles. The largest absolute Gasteiger partial charge is 0.350 e. The van der Waals surface area contributed by atoms with Crippen LogP contribution in [0.3, 0.4) is 0 Å². The van der Waals surface area contributed by atoms with Crippen LogP contribution in [-0.2, 0) is 24.3 Å². The Hall–Kier alpha value is -2.70. The normalized spacial score (nSPS) is 10.4. The molecule has 0 aromatic carbocycles. The standard InChI is InChI=1S/C15H18N4O3/c1-2-11-3-4-12(16-9-11)10-17-13(20)5-7-19-8-6-14(21)18-15(19)22/h3-4,6,8-9H,2,5,7,10H2,1H3,(H,17,20)(H,18,21,22). The summed E-state index contributed by atoms with van der Waals surface area (Å²) in [6.45, 7) is 2.62. The molecule has 0 radical (unpaired) electrons. The Labute approximate surface area is 127 Å². The maximum absolute atomic E-state index is 11.8. The van der Waals surface area contributed by atoms with Crippen LogP contribution in [0.15, 0.2) is 40.2 Å². The second-order valence-electron chi connectivity index (χ2n) is 4.84. The van der Waals surface area contributed by atoms with E-state index < -0.39 is 11.2 Å². The number of pyridine rings is 1. The molecule has 116 valence electrons. The maximum atomic E-state index is 11.8. The van der Waals surface area contributed by atoms with Crippen LogP contribution >= 0.6 is 0 Å². The first kappa shape index (κ1) is 15.7. The minimum absolute atomic E-state index is 0.152. The lowest BCUT2D eigenvalue weighted by Gasteiger charge is -2.06. The van der Waals surface area contributed by atoms with Gasteiger partial charge in [0.05, 0.1) is 12.2 Å². The van der Waals surface area contributed by atoms with Crippen LogP contribution in [0.2, 0.25) is 0 Å². The highest BCUT2D eigenvalue weighted by Gasteiger charge is 2.04. The molecule has 0 spiro atoms. The van der Waals surface area contributed by atoms with Crippen molar-refractivity contribution in [2.45, 2.75) is 32.9 Å². The Bertz CT molecular complexity index is 746. The number of H-pyrrole nitrogens is 1. The van der Waals surface area contributed by atoms with Gasteiger partial charge in [-0.1, -0.05) is 13.0 Å². The molecular weight excluding hydrogens is 284 g/mol. The fraction of sp³-hybridized carbons (Fsp3) is 0.333. The summed E-state index contributed by atoms with van der Waals surface area (Å²) in [6.07, 6.45) is 4.24. The van der Waals surface area contributed by atoms with Crippen LogP contribution in [0.1, 0.15) is 24.6 Å². The number of nitrogens with one attached hydrogen (secondary N) is 2. The number of nitrogens with zero attached hydrogens (tertiary/aromatic N) is 2. The van der Waals surface area contributed by atoms with Crippen LogP contribution < -0.4 is 16.6 Å². The zero-order chi connectivity index (χ0) is 15.9. The van der Waals surface area contributed by atoms with E-state index in [9.17, 15) is 14.4 Å². The third-order valence-corrected chi connectivity index (χ3v) is 3.24. The first-order valence-corrected chi connectivity index (χ1v) is 7.08. The fourth-order valence-electron chi connectivity index (χ4n) is 1.89. The SMILES string of the molecule is CCc1ccc(CNC(=O)CCn2ccc(=O)[nH]c2=O)nc1. The number of aromatic nitrogens is 3. The lowest BCUT2D eigenvalue weighted by molar-refractivity contribution is -0.121. The first-order chi connectivity index (χ1) is 10.6. The van der Waals surface area contributed by atoms with Gasteiger partial charge in [-0.05, 0) is 18.1 Å². The highest BCUT2D eigenvalue weighted by Crippen LogP contribution is 2.00. The molecule has 2 N–H and O–H groups in total. The minimum atomic E-state index is -0.517. The van der Waals surface area contributed by atoms with E-state index in [0.717, 1.165) is 17.7 Å². The number of hydrogen-bond donors (Lipinski definition) is 2. The number of hydrogen-bond acceptors (Lipinski definition) is 4. The second kappa shape index (κ2) is 7.35. The Balaban J connectivity index is 1.82. The van der Waals surface area contributed by atoms with Crippen LogP contribution in [0.4, 0.5) is 0 Å². The highest BCUT2D eigenvalue weighted by molar-refractivity contribution is 5.75. The van der Waals surface area contributed by atoms with E-state index in [1.807, 2.05) is 12.1 Å². The molecule has 0 aliphatic carbocycles. The van der Waals surface area contributed by atoms with Gasteiger partial charge < -0.3 is 9.88 Å². The summed E-state index contributed by atoms with van der Waals surface area (Å²) in [5, 5.41) is 2.75. The number of rotatable bonds is 6. The summed E-state index contributed by atoms with van der Waals surface area (Å²) in [5.41, 5.74) is 0.962. The number of amides is 1. The summed E-state index contributed by atoms with van der Waals surface area (Å²) in [5.74, 6) is -0.181. The van der Waals surface area contributed by atoms with Crippen molar-refractivity contribution in [3.8, 4) is 0 Å². The van der Waals surface area contributed by atoms with E-state index in [-0.39, 0.29) is 18.9 Å². The second-order valence-corrected chi connectivity index (χ2v) is 4.84. The van der Waals surface area contributed by atoms with Crippen molar-refractivity contribution >= 4 is 5.91 Å². The number of aromatic amines is 1. The van der Waals surface area contributed by atoms with Gasteiger partial charge in [0, 0.05) is 31.4 Å². The molecule has 2 aromatic rings. The Morgan fingerprint density at radius 3 is 2.77 bits per heavy atom. The Morgan fingerprint density at radius 1 is 1.32 bits per heavy atom. The molecular formula is C15H18N4O3. The van der Waals surface area contributed by atoms with Crippen molar-refractivity contribution in [2.75, 3.05) is 0 Å². The van der Waals surface area contributed by atoms with E-state index >= 15 is 0 Å². The number of aryl methyl sites for hydroxylation is 2. The molecule has 7 heteroatoms. The average Bonchev–Trinajstić information content (AvgIpc) is 2.52. The summed E-state index contributed by atoms with van der Waals surface area (Å²) in [4.78, 5) is 40.5. The van der Waals surface area contributed by atoms with Crippen LogP contribution in [-0.4, -0.2) is 20.4 Å². The van der Waals surface area contributed by atoms with Crippen molar-refractivity contribution in [1.82, 2.24) is 19.9 Å². The van der Waals surface area contributed by atoms with Gasteiger partial charge in [0.15, 0.2) is 0 Å². The highest BCUT2D eigenvalue weighted by atomic mass is 16.2. The van der Waals surface area contributed by atoms with Gasteiger partial charge >= 0.3 is 5.69 Å². The van der Waals surface area contributed by atoms with Gasteiger partial charge in [0.1, 0.15) is 0 Å². The van der Waals surface area contributed by atoms with Gasteiger partial charge in [0.25, 0.3) is 5.56 Å². The molecule has 0 saturated heterocycles. The van der Waals surface area contributed by atoms with Gasteiger partial charge in [-0.2, -0.15) is 0 Å². The molecule has 0 fully saturated rings.